The number of hydrogen-bond donors (Lipinski definition) is 1. The lowest BCUT2D eigenvalue weighted by Gasteiger charge is -2.10. The fourth-order valence-electron chi connectivity index (χ4n) is 1.59. The number of benzene rings is 1. The fourth-order valence-corrected chi connectivity index (χ4v) is 2.12. The Labute approximate surface area is 129 Å². The molecule has 1 aromatic heterocycles. The SMILES string of the molecule is COc1cc(/C=C/C(=O)Nc2nccs2)ccc1OC(F)F. The van der Waals surface area contributed by atoms with Crippen LogP contribution in [-0.2, 0) is 4.79 Å². The van der Waals surface area contributed by atoms with Crippen molar-refractivity contribution in [3.63, 3.8) is 0 Å². The Morgan fingerprint density at radius 3 is 2.86 bits per heavy atom. The third-order valence-electron chi connectivity index (χ3n) is 2.49. The molecule has 2 aromatic rings. The lowest BCUT2D eigenvalue weighted by Crippen LogP contribution is -2.07. The summed E-state index contributed by atoms with van der Waals surface area (Å²) < 4.78 is 33.7. The molecular weight excluding hydrogens is 314 g/mol. The van der Waals surface area contributed by atoms with Gasteiger partial charge >= 0.3 is 6.61 Å². The smallest absolute Gasteiger partial charge is 0.387 e. The molecule has 0 aliphatic heterocycles. The van der Waals surface area contributed by atoms with Gasteiger partial charge in [-0.3, -0.25) is 10.1 Å². The van der Waals surface area contributed by atoms with E-state index in [1.165, 1.54) is 48.8 Å². The van der Waals surface area contributed by atoms with Gasteiger partial charge in [0, 0.05) is 17.7 Å². The number of carbonyl (C=O) groups excluding carboxylic acids is 1. The van der Waals surface area contributed by atoms with Gasteiger partial charge in [0.05, 0.1) is 7.11 Å². The standard InChI is InChI=1S/C14H12F2N2O3S/c1-20-11-8-9(2-4-10(11)21-13(15)16)3-5-12(19)18-14-17-6-7-22-14/h2-8,13H,1H3,(H,17,18,19)/b5-3+. The van der Waals surface area contributed by atoms with Crippen LogP contribution in [0.5, 0.6) is 11.5 Å². The van der Waals surface area contributed by atoms with E-state index in [2.05, 4.69) is 15.0 Å². The van der Waals surface area contributed by atoms with Gasteiger partial charge in [-0.2, -0.15) is 8.78 Å². The minimum absolute atomic E-state index is 0.0677. The van der Waals surface area contributed by atoms with Crippen LogP contribution < -0.4 is 14.8 Å². The second kappa shape index (κ2) is 7.51. The Kier molecular flexibility index (Phi) is 5.42. The number of carbonyl (C=O) groups is 1. The number of amides is 1. The molecular formula is C14H12F2N2O3S. The molecule has 0 aliphatic carbocycles. The lowest BCUT2D eigenvalue weighted by molar-refractivity contribution is -0.111. The Morgan fingerprint density at radius 1 is 1.41 bits per heavy atom. The highest BCUT2D eigenvalue weighted by Crippen LogP contribution is 2.29. The maximum absolute atomic E-state index is 12.2. The quantitative estimate of drug-likeness (QED) is 0.827. The van der Waals surface area contributed by atoms with Crippen LogP contribution in [0.3, 0.4) is 0 Å². The number of nitrogens with one attached hydrogen (secondary N) is 1. The largest absolute Gasteiger partial charge is 0.493 e. The number of aromatic nitrogens is 1. The number of halogens is 2. The van der Waals surface area contributed by atoms with Crippen molar-refractivity contribution in [3.8, 4) is 11.5 Å². The van der Waals surface area contributed by atoms with E-state index in [0.717, 1.165) is 0 Å². The minimum atomic E-state index is -2.93. The van der Waals surface area contributed by atoms with Gasteiger partial charge in [-0.15, -0.1) is 11.3 Å². The van der Waals surface area contributed by atoms with Crippen molar-refractivity contribution in [2.24, 2.45) is 0 Å². The van der Waals surface area contributed by atoms with Crippen LogP contribution in [0, 0.1) is 0 Å². The van der Waals surface area contributed by atoms with Gasteiger partial charge in [0.25, 0.3) is 0 Å². The number of thiazole rings is 1. The van der Waals surface area contributed by atoms with Crippen LogP contribution >= 0.6 is 11.3 Å². The number of anilines is 1. The molecule has 116 valence electrons. The molecule has 0 fully saturated rings. The summed E-state index contributed by atoms with van der Waals surface area (Å²) in [6.45, 7) is -2.93. The molecule has 5 nitrogen and oxygen atoms in total. The van der Waals surface area contributed by atoms with E-state index in [0.29, 0.717) is 10.7 Å². The number of alkyl halides is 2. The molecule has 0 atom stereocenters. The Morgan fingerprint density at radius 2 is 2.23 bits per heavy atom. The Bertz CT molecular complexity index is 660. The first-order chi connectivity index (χ1) is 10.6. The van der Waals surface area contributed by atoms with Gasteiger partial charge in [-0.05, 0) is 23.8 Å². The summed E-state index contributed by atoms with van der Waals surface area (Å²) in [4.78, 5) is 15.6. The molecule has 1 aromatic carbocycles. The normalized spacial score (nSPS) is 10.9. The van der Waals surface area contributed by atoms with Crippen LogP contribution in [0.15, 0.2) is 35.9 Å². The Hall–Kier alpha value is -2.48. The third-order valence-corrected chi connectivity index (χ3v) is 3.18. The molecule has 0 unspecified atom stereocenters. The molecule has 0 spiro atoms. The molecule has 8 heteroatoms. The minimum Gasteiger partial charge on any atom is -0.493 e. The van der Waals surface area contributed by atoms with Crippen molar-refractivity contribution in [1.82, 2.24) is 4.98 Å². The zero-order valence-corrected chi connectivity index (χ0v) is 12.3. The first-order valence-corrected chi connectivity index (χ1v) is 6.98. The first kappa shape index (κ1) is 15.9. The average molecular weight is 326 g/mol. The number of nitrogens with zero attached hydrogens (tertiary/aromatic N) is 1. The van der Waals surface area contributed by atoms with Gasteiger partial charge < -0.3 is 9.47 Å². The summed E-state index contributed by atoms with van der Waals surface area (Å²) in [6.07, 6.45) is 4.41. The summed E-state index contributed by atoms with van der Waals surface area (Å²) in [6, 6.07) is 4.38. The third kappa shape index (κ3) is 4.52. The van der Waals surface area contributed by atoms with Crippen molar-refractivity contribution in [3.05, 3.63) is 41.4 Å². The van der Waals surface area contributed by atoms with E-state index >= 15 is 0 Å². The predicted molar refractivity (Wildman–Crippen MR) is 79.4 cm³/mol. The van der Waals surface area contributed by atoms with Gasteiger partial charge in [0.1, 0.15) is 0 Å². The zero-order chi connectivity index (χ0) is 15.9. The maximum atomic E-state index is 12.2. The van der Waals surface area contributed by atoms with Crippen LogP contribution in [0.25, 0.3) is 6.08 Å². The van der Waals surface area contributed by atoms with E-state index < -0.39 is 6.61 Å². The highest BCUT2D eigenvalue weighted by Gasteiger charge is 2.10. The second-order valence-corrected chi connectivity index (χ2v) is 4.84. The molecule has 22 heavy (non-hydrogen) atoms. The van der Waals surface area contributed by atoms with Crippen LogP contribution in [-0.4, -0.2) is 24.6 Å². The van der Waals surface area contributed by atoms with Crippen molar-refractivity contribution in [1.29, 1.82) is 0 Å². The highest BCUT2D eigenvalue weighted by molar-refractivity contribution is 7.13. The van der Waals surface area contributed by atoms with Gasteiger partial charge in [-0.1, -0.05) is 6.07 Å². The summed E-state index contributed by atoms with van der Waals surface area (Å²) in [5.41, 5.74) is 0.604. The first-order valence-electron chi connectivity index (χ1n) is 6.10. The molecule has 1 heterocycles. The van der Waals surface area contributed by atoms with E-state index in [9.17, 15) is 13.6 Å². The van der Waals surface area contributed by atoms with E-state index in [1.807, 2.05) is 0 Å². The molecule has 0 saturated heterocycles. The second-order valence-electron chi connectivity index (χ2n) is 3.95. The fraction of sp³-hybridized carbons (Fsp3) is 0.143. The van der Waals surface area contributed by atoms with Gasteiger partial charge in [-0.25, -0.2) is 4.98 Å². The van der Waals surface area contributed by atoms with Gasteiger partial charge in [0.15, 0.2) is 16.6 Å². The summed E-state index contributed by atoms with van der Waals surface area (Å²) >= 11 is 1.30. The summed E-state index contributed by atoms with van der Waals surface area (Å²) in [7, 11) is 1.34. The molecule has 0 radical (unpaired) electrons. The van der Waals surface area contributed by atoms with Crippen molar-refractivity contribution < 1.29 is 23.0 Å². The van der Waals surface area contributed by atoms with E-state index in [4.69, 9.17) is 4.74 Å². The lowest BCUT2D eigenvalue weighted by atomic mass is 10.2. The number of hydrogen-bond acceptors (Lipinski definition) is 5. The van der Waals surface area contributed by atoms with Gasteiger partial charge in [0.2, 0.25) is 5.91 Å². The summed E-state index contributed by atoms with van der Waals surface area (Å²) in [5.74, 6) is -0.258. The topological polar surface area (TPSA) is 60.5 Å². The molecule has 0 saturated carbocycles. The summed E-state index contributed by atoms with van der Waals surface area (Å²) in [5, 5.41) is 4.82. The van der Waals surface area contributed by atoms with Crippen LogP contribution in [0.2, 0.25) is 0 Å². The van der Waals surface area contributed by atoms with E-state index in [1.54, 1.807) is 11.6 Å². The number of ether oxygens (including phenoxy) is 2. The van der Waals surface area contributed by atoms with Crippen LogP contribution in [0.4, 0.5) is 13.9 Å². The highest BCUT2D eigenvalue weighted by atomic mass is 32.1. The zero-order valence-electron chi connectivity index (χ0n) is 11.5. The molecule has 1 N–H and O–H groups in total. The Balaban J connectivity index is 2.05. The molecule has 0 aliphatic rings. The van der Waals surface area contributed by atoms with Crippen molar-refractivity contribution in [2.45, 2.75) is 6.61 Å². The number of rotatable bonds is 6. The maximum Gasteiger partial charge on any atom is 0.387 e. The molecule has 2 rings (SSSR count). The number of methoxy groups -OCH3 is 1. The molecule has 1 amide bonds. The van der Waals surface area contributed by atoms with Crippen LogP contribution in [0.1, 0.15) is 5.56 Å². The predicted octanol–water partition coefficient (Wildman–Crippen LogP) is 3.41. The van der Waals surface area contributed by atoms with Crippen molar-refractivity contribution in [2.75, 3.05) is 12.4 Å². The average Bonchev–Trinajstić information content (AvgIpc) is 2.98. The van der Waals surface area contributed by atoms with Crippen molar-refractivity contribution >= 4 is 28.5 Å². The van der Waals surface area contributed by atoms with E-state index in [-0.39, 0.29) is 17.4 Å². The molecule has 0 bridgehead atoms. The monoisotopic (exact) mass is 326 g/mol.